The maximum Gasteiger partial charge on any atom is 0.337 e. The first-order valence-electron chi connectivity index (χ1n) is 6.41. The summed E-state index contributed by atoms with van der Waals surface area (Å²) in [6.07, 6.45) is 0.750. The molecule has 0 saturated carbocycles. The molecule has 1 fully saturated rings. The second-order valence-electron chi connectivity index (χ2n) is 4.78. The third-order valence-electron chi connectivity index (χ3n) is 3.39. The number of esters is 1. The minimum absolute atomic E-state index is 0.0709. The van der Waals surface area contributed by atoms with E-state index in [-0.39, 0.29) is 23.4 Å². The first-order chi connectivity index (χ1) is 10.3. The highest BCUT2D eigenvalue weighted by Crippen LogP contribution is 2.28. The van der Waals surface area contributed by atoms with Crippen molar-refractivity contribution < 1.29 is 27.9 Å². The van der Waals surface area contributed by atoms with Crippen molar-refractivity contribution in [3.05, 3.63) is 28.2 Å². The fourth-order valence-corrected chi connectivity index (χ4v) is 4.72. The molecule has 1 aromatic rings. The fraction of sp³-hybridized carbons (Fsp3) is 0.385. The molecule has 1 aliphatic heterocycles. The van der Waals surface area contributed by atoms with Crippen molar-refractivity contribution in [3.8, 4) is 0 Å². The second kappa shape index (κ2) is 6.35. The second-order valence-corrected chi connectivity index (χ2v) is 7.59. The van der Waals surface area contributed by atoms with Crippen molar-refractivity contribution in [3.63, 3.8) is 0 Å². The SMILES string of the molecule is COC(=O)c1cc(Br)cc(S(=O)(=O)N2CCCC2C(=O)O)c1. The molecular formula is C13H14BrNO6S. The van der Waals surface area contributed by atoms with Gasteiger partial charge in [0.1, 0.15) is 6.04 Å². The van der Waals surface area contributed by atoms with E-state index in [1.54, 1.807) is 0 Å². The number of hydrogen-bond acceptors (Lipinski definition) is 5. The van der Waals surface area contributed by atoms with Crippen molar-refractivity contribution in [1.82, 2.24) is 4.31 Å². The quantitative estimate of drug-likeness (QED) is 0.779. The van der Waals surface area contributed by atoms with Crippen LogP contribution < -0.4 is 0 Å². The number of benzene rings is 1. The number of ether oxygens (including phenoxy) is 1. The van der Waals surface area contributed by atoms with Crippen LogP contribution >= 0.6 is 15.9 Å². The third-order valence-corrected chi connectivity index (χ3v) is 5.73. The first kappa shape index (κ1) is 16.9. The van der Waals surface area contributed by atoms with E-state index < -0.39 is 28.0 Å². The van der Waals surface area contributed by atoms with E-state index in [1.165, 1.54) is 25.3 Å². The van der Waals surface area contributed by atoms with Crippen LogP contribution in [-0.2, 0) is 19.6 Å². The summed E-state index contributed by atoms with van der Waals surface area (Å²) < 4.78 is 31.2. The van der Waals surface area contributed by atoms with Gasteiger partial charge in [-0.2, -0.15) is 4.31 Å². The maximum absolute atomic E-state index is 12.7. The zero-order valence-electron chi connectivity index (χ0n) is 11.7. The predicted octanol–water partition coefficient (Wildman–Crippen LogP) is 1.47. The number of carbonyl (C=O) groups is 2. The van der Waals surface area contributed by atoms with Crippen LogP contribution in [0.15, 0.2) is 27.6 Å². The number of hydrogen-bond donors (Lipinski definition) is 1. The number of carbonyl (C=O) groups excluding carboxylic acids is 1. The number of carboxylic acids is 1. The standard InChI is InChI=1S/C13H14BrNO6S/c1-21-13(18)8-5-9(14)7-10(6-8)22(19,20)15-4-2-3-11(15)12(16)17/h5-7,11H,2-4H2,1H3,(H,16,17). The highest BCUT2D eigenvalue weighted by Gasteiger charge is 2.39. The Kier molecular flexibility index (Phi) is 4.88. The van der Waals surface area contributed by atoms with Gasteiger partial charge in [0.25, 0.3) is 0 Å². The van der Waals surface area contributed by atoms with Crippen LogP contribution in [0, 0.1) is 0 Å². The van der Waals surface area contributed by atoms with E-state index in [0.717, 1.165) is 4.31 Å². The van der Waals surface area contributed by atoms with Crippen LogP contribution in [0.1, 0.15) is 23.2 Å². The Balaban J connectivity index is 2.48. The molecule has 1 saturated heterocycles. The Morgan fingerprint density at radius 3 is 2.64 bits per heavy atom. The molecule has 9 heteroatoms. The average Bonchev–Trinajstić information content (AvgIpc) is 2.96. The van der Waals surface area contributed by atoms with Gasteiger partial charge in [0.2, 0.25) is 10.0 Å². The van der Waals surface area contributed by atoms with Gasteiger partial charge in [0.15, 0.2) is 0 Å². The summed E-state index contributed by atoms with van der Waals surface area (Å²) in [5, 5.41) is 9.14. The minimum atomic E-state index is -4.00. The molecule has 1 heterocycles. The molecule has 22 heavy (non-hydrogen) atoms. The summed E-state index contributed by atoms with van der Waals surface area (Å²) in [5.41, 5.74) is 0.0709. The molecule has 0 radical (unpaired) electrons. The molecule has 1 atom stereocenters. The van der Waals surface area contributed by atoms with E-state index in [0.29, 0.717) is 10.9 Å². The smallest absolute Gasteiger partial charge is 0.337 e. The van der Waals surface area contributed by atoms with E-state index in [9.17, 15) is 18.0 Å². The normalized spacial score (nSPS) is 19.1. The summed E-state index contributed by atoms with van der Waals surface area (Å²) in [7, 11) is -2.81. The molecule has 0 aromatic heterocycles. The topological polar surface area (TPSA) is 101 Å². The number of methoxy groups -OCH3 is 1. The Morgan fingerprint density at radius 2 is 2.05 bits per heavy atom. The van der Waals surface area contributed by atoms with Crippen molar-refractivity contribution in [2.24, 2.45) is 0 Å². The van der Waals surface area contributed by atoms with Gasteiger partial charge in [-0.25, -0.2) is 13.2 Å². The van der Waals surface area contributed by atoms with E-state index in [4.69, 9.17) is 5.11 Å². The van der Waals surface area contributed by atoms with Gasteiger partial charge >= 0.3 is 11.9 Å². The zero-order chi connectivity index (χ0) is 16.5. The Hall–Kier alpha value is -1.45. The summed E-state index contributed by atoms with van der Waals surface area (Å²) >= 11 is 3.15. The van der Waals surface area contributed by atoms with Gasteiger partial charge in [-0.3, -0.25) is 4.79 Å². The van der Waals surface area contributed by atoms with Gasteiger partial charge in [-0.1, -0.05) is 15.9 Å². The Morgan fingerprint density at radius 1 is 1.36 bits per heavy atom. The molecular weight excluding hydrogens is 378 g/mol. The zero-order valence-corrected chi connectivity index (χ0v) is 14.1. The van der Waals surface area contributed by atoms with Crippen LogP contribution in [-0.4, -0.2) is 49.5 Å². The van der Waals surface area contributed by atoms with Gasteiger partial charge in [-0.15, -0.1) is 0 Å². The number of halogens is 1. The van der Waals surface area contributed by atoms with E-state index >= 15 is 0 Å². The molecule has 0 spiro atoms. The van der Waals surface area contributed by atoms with Crippen molar-refractivity contribution in [2.45, 2.75) is 23.8 Å². The Bertz CT molecular complexity index is 717. The highest BCUT2D eigenvalue weighted by molar-refractivity contribution is 9.10. The number of carboxylic acid groups (broad SMARTS) is 1. The molecule has 1 unspecified atom stereocenters. The molecule has 2 rings (SSSR count). The molecule has 0 bridgehead atoms. The van der Waals surface area contributed by atoms with E-state index in [2.05, 4.69) is 20.7 Å². The van der Waals surface area contributed by atoms with Crippen molar-refractivity contribution in [1.29, 1.82) is 0 Å². The number of nitrogens with zero attached hydrogens (tertiary/aromatic N) is 1. The van der Waals surface area contributed by atoms with Crippen LogP contribution in [0.25, 0.3) is 0 Å². The maximum atomic E-state index is 12.7. The third kappa shape index (κ3) is 3.16. The molecule has 0 amide bonds. The van der Waals surface area contributed by atoms with Gasteiger partial charge in [0, 0.05) is 11.0 Å². The van der Waals surface area contributed by atoms with Crippen LogP contribution in [0.5, 0.6) is 0 Å². The molecule has 120 valence electrons. The molecule has 0 aliphatic carbocycles. The lowest BCUT2D eigenvalue weighted by atomic mass is 10.2. The average molecular weight is 392 g/mol. The van der Waals surface area contributed by atoms with Gasteiger partial charge in [-0.05, 0) is 31.0 Å². The molecule has 1 N–H and O–H groups in total. The van der Waals surface area contributed by atoms with Crippen molar-refractivity contribution >= 4 is 37.9 Å². The minimum Gasteiger partial charge on any atom is -0.480 e. The lowest BCUT2D eigenvalue weighted by molar-refractivity contribution is -0.140. The van der Waals surface area contributed by atoms with Crippen LogP contribution in [0.3, 0.4) is 0 Å². The van der Waals surface area contributed by atoms with Gasteiger partial charge in [0.05, 0.1) is 17.6 Å². The molecule has 1 aromatic carbocycles. The number of aliphatic carboxylic acids is 1. The Labute approximate surface area is 136 Å². The molecule has 1 aliphatic rings. The van der Waals surface area contributed by atoms with E-state index in [1.807, 2.05) is 0 Å². The fourth-order valence-electron chi connectivity index (χ4n) is 2.36. The van der Waals surface area contributed by atoms with Gasteiger partial charge < -0.3 is 9.84 Å². The number of sulfonamides is 1. The lowest BCUT2D eigenvalue weighted by Crippen LogP contribution is -2.40. The largest absolute Gasteiger partial charge is 0.480 e. The first-order valence-corrected chi connectivity index (χ1v) is 8.64. The summed E-state index contributed by atoms with van der Waals surface area (Å²) in [4.78, 5) is 22.6. The number of rotatable bonds is 4. The lowest BCUT2D eigenvalue weighted by Gasteiger charge is -2.21. The summed E-state index contributed by atoms with van der Waals surface area (Å²) in [6, 6.07) is 2.87. The summed E-state index contributed by atoms with van der Waals surface area (Å²) in [5.74, 6) is -1.85. The highest BCUT2D eigenvalue weighted by atomic mass is 79.9. The molecule has 7 nitrogen and oxygen atoms in total. The van der Waals surface area contributed by atoms with Crippen LogP contribution in [0.2, 0.25) is 0 Å². The van der Waals surface area contributed by atoms with Crippen molar-refractivity contribution in [2.75, 3.05) is 13.7 Å². The predicted molar refractivity (Wildman–Crippen MR) is 80.0 cm³/mol. The summed E-state index contributed by atoms with van der Waals surface area (Å²) in [6.45, 7) is 0.138. The monoisotopic (exact) mass is 391 g/mol. The van der Waals surface area contributed by atoms with Crippen LogP contribution in [0.4, 0.5) is 0 Å².